The first-order valence-electron chi connectivity index (χ1n) is 5.41. The monoisotopic (exact) mass is 260 g/mol. The molecule has 1 aliphatic carbocycles. The third-order valence-electron chi connectivity index (χ3n) is 2.64. The number of aryl methyl sites for hydroxylation is 2. The van der Waals surface area contributed by atoms with E-state index in [9.17, 15) is 4.79 Å². The van der Waals surface area contributed by atoms with E-state index in [-0.39, 0.29) is 18.3 Å². The maximum Gasteiger partial charge on any atom is 0.261 e. The molecule has 1 aromatic heterocycles. The largest absolute Gasteiger partial charge is 0.351 e. The number of thiophene rings is 1. The lowest BCUT2D eigenvalue weighted by Crippen LogP contribution is -2.25. The van der Waals surface area contributed by atoms with Crippen LogP contribution >= 0.6 is 23.7 Å². The van der Waals surface area contributed by atoms with Gasteiger partial charge in [-0.25, -0.2) is 0 Å². The first-order valence-corrected chi connectivity index (χ1v) is 6.23. The van der Waals surface area contributed by atoms with Crippen LogP contribution in [0.1, 0.15) is 33.0 Å². The topological polar surface area (TPSA) is 55.1 Å². The average Bonchev–Trinajstić information content (AvgIpc) is 2.76. The number of hydrogen-bond donors (Lipinski definition) is 2. The van der Waals surface area contributed by atoms with Crippen LogP contribution in [0.15, 0.2) is 6.07 Å². The maximum atomic E-state index is 11.7. The zero-order chi connectivity index (χ0) is 10.7. The summed E-state index contributed by atoms with van der Waals surface area (Å²) < 4.78 is 0. The van der Waals surface area contributed by atoms with E-state index in [0.29, 0.717) is 13.1 Å². The molecule has 2 rings (SSSR count). The fourth-order valence-corrected chi connectivity index (χ4v) is 3.00. The lowest BCUT2D eigenvalue weighted by atomic mass is 10.2. The van der Waals surface area contributed by atoms with Crippen LogP contribution in [0.25, 0.3) is 0 Å². The van der Waals surface area contributed by atoms with Crippen molar-refractivity contribution >= 4 is 29.7 Å². The van der Waals surface area contributed by atoms with Crippen molar-refractivity contribution in [1.29, 1.82) is 0 Å². The number of fused-ring (bicyclic) bond motifs is 1. The highest BCUT2D eigenvalue weighted by Gasteiger charge is 2.17. The Balaban J connectivity index is 0.00000128. The van der Waals surface area contributed by atoms with Crippen molar-refractivity contribution in [3.05, 3.63) is 21.4 Å². The van der Waals surface area contributed by atoms with Crippen molar-refractivity contribution in [1.82, 2.24) is 5.32 Å². The summed E-state index contributed by atoms with van der Waals surface area (Å²) in [5, 5.41) is 2.88. The van der Waals surface area contributed by atoms with Gasteiger partial charge in [0.25, 0.3) is 5.91 Å². The van der Waals surface area contributed by atoms with E-state index >= 15 is 0 Å². The van der Waals surface area contributed by atoms with Crippen LogP contribution in [-0.4, -0.2) is 19.0 Å². The second-order valence-corrected chi connectivity index (χ2v) is 4.95. The Labute approximate surface area is 106 Å². The molecule has 0 radical (unpaired) electrons. The van der Waals surface area contributed by atoms with Gasteiger partial charge in [0.2, 0.25) is 0 Å². The molecular formula is C11H17ClN2OS. The number of halogens is 1. The van der Waals surface area contributed by atoms with Crippen molar-refractivity contribution in [3.8, 4) is 0 Å². The summed E-state index contributed by atoms with van der Waals surface area (Å²) in [6, 6.07) is 2.05. The molecule has 1 amide bonds. The normalized spacial score (nSPS) is 13.1. The predicted molar refractivity (Wildman–Crippen MR) is 69.6 cm³/mol. The van der Waals surface area contributed by atoms with E-state index in [1.165, 1.54) is 16.9 Å². The molecule has 0 unspecified atom stereocenters. The Morgan fingerprint density at radius 2 is 2.31 bits per heavy atom. The fraction of sp³-hybridized carbons (Fsp3) is 0.545. The molecule has 1 aliphatic rings. The highest BCUT2D eigenvalue weighted by atomic mass is 35.5. The van der Waals surface area contributed by atoms with Gasteiger partial charge in [-0.1, -0.05) is 0 Å². The molecule has 0 atom stereocenters. The van der Waals surface area contributed by atoms with E-state index in [4.69, 9.17) is 5.73 Å². The molecule has 0 saturated heterocycles. The second-order valence-electron chi connectivity index (χ2n) is 3.81. The average molecular weight is 261 g/mol. The lowest BCUT2D eigenvalue weighted by molar-refractivity contribution is 0.0957. The minimum absolute atomic E-state index is 0. The smallest absolute Gasteiger partial charge is 0.261 e. The summed E-state index contributed by atoms with van der Waals surface area (Å²) >= 11 is 1.64. The first-order chi connectivity index (χ1) is 7.31. The number of amides is 1. The van der Waals surface area contributed by atoms with Gasteiger partial charge >= 0.3 is 0 Å². The molecule has 16 heavy (non-hydrogen) atoms. The summed E-state index contributed by atoms with van der Waals surface area (Å²) in [6.07, 6.45) is 4.38. The Morgan fingerprint density at radius 1 is 1.50 bits per heavy atom. The van der Waals surface area contributed by atoms with Crippen molar-refractivity contribution in [3.63, 3.8) is 0 Å². The van der Waals surface area contributed by atoms with Gasteiger partial charge in [-0.05, 0) is 43.9 Å². The molecule has 1 aromatic rings. The number of carbonyl (C=O) groups excluding carboxylic acids is 1. The SMILES string of the molecule is Cl.NCCCNC(=O)c1cc2c(s1)CCC2. The summed E-state index contributed by atoms with van der Waals surface area (Å²) in [4.78, 5) is 13.9. The van der Waals surface area contributed by atoms with E-state index < -0.39 is 0 Å². The van der Waals surface area contributed by atoms with Crippen molar-refractivity contribution in [2.45, 2.75) is 25.7 Å². The van der Waals surface area contributed by atoms with E-state index in [2.05, 4.69) is 5.32 Å². The number of carbonyl (C=O) groups is 1. The van der Waals surface area contributed by atoms with Gasteiger partial charge in [0.05, 0.1) is 4.88 Å². The van der Waals surface area contributed by atoms with Crippen LogP contribution < -0.4 is 11.1 Å². The maximum absolute atomic E-state index is 11.7. The number of nitrogens with two attached hydrogens (primary N) is 1. The van der Waals surface area contributed by atoms with Gasteiger partial charge in [0, 0.05) is 11.4 Å². The van der Waals surface area contributed by atoms with Crippen LogP contribution in [0.2, 0.25) is 0 Å². The van der Waals surface area contributed by atoms with E-state index in [1.807, 2.05) is 6.07 Å². The summed E-state index contributed by atoms with van der Waals surface area (Å²) in [6.45, 7) is 1.30. The van der Waals surface area contributed by atoms with Crippen molar-refractivity contribution in [2.75, 3.05) is 13.1 Å². The molecule has 3 N–H and O–H groups in total. The summed E-state index contributed by atoms with van der Waals surface area (Å²) in [5.74, 6) is 0.0582. The number of rotatable bonds is 4. The minimum atomic E-state index is 0. The number of nitrogens with one attached hydrogen (secondary N) is 1. The molecule has 0 aromatic carbocycles. The van der Waals surface area contributed by atoms with Crippen LogP contribution in [0.5, 0.6) is 0 Å². The molecule has 5 heteroatoms. The van der Waals surface area contributed by atoms with Crippen molar-refractivity contribution in [2.24, 2.45) is 5.73 Å². The van der Waals surface area contributed by atoms with Gasteiger partial charge in [0.15, 0.2) is 0 Å². The lowest BCUT2D eigenvalue weighted by Gasteiger charge is -2.01. The Morgan fingerprint density at radius 3 is 3.00 bits per heavy atom. The Hall–Kier alpha value is -0.580. The third kappa shape index (κ3) is 2.97. The second kappa shape index (κ2) is 6.23. The quantitative estimate of drug-likeness (QED) is 0.811. The molecule has 3 nitrogen and oxygen atoms in total. The summed E-state index contributed by atoms with van der Waals surface area (Å²) in [7, 11) is 0. The summed E-state index contributed by atoms with van der Waals surface area (Å²) in [5.41, 5.74) is 6.74. The van der Waals surface area contributed by atoms with Gasteiger partial charge in [-0.3, -0.25) is 4.79 Å². The Kier molecular flexibility index (Phi) is 5.25. The minimum Gasteiger partial charge on any atom is -0.351 e. The molecular weight excluding hydrogens is 244 g/mol. The predicted octanol–water partition coefficient (Wildman–Crippen LogP) is 1.74. The molecule has 90 valence electrons. The highest BCUT2D eigenvalue weighted by molar-refractivity contribution is 7.14. The number of hydrogen-bond acceptors (Lipinski definition) is 3. The highest BCUT2D eigenvalue weighted by Crippen LogP contribution is 2.30. The Bertz CT molecular complexity index is 343. The van der Waals surface area contributed by atoms with Gasteiger partial charge in [0.1, 0.15) is 0 Å². The van der Waals surface area contributed by atoms with Crippen LogP contribution in [0, 0.1) is 0 Å². The van der Waals surface area contributed by atoms with Crippen LogP contribution in [0.3, 0.4) is 0 Å². The third-order valence-corrected chi connectivity index (χ3v) is 3.87. The molecule has 0 bridgehead atoms. The fourth-order valence-electron chi connectivity index (χ4n) is 1.83. The van der Waals surface area contributed by atoms with Crippen LogP contribution in [0.4, 0.5) is 0 Å². The molecule has 0 spiro atoms. The van der Waals surface area contributed by atoms with E-state index in [1.54, 1.807) is 11.3 Å². The standard InChI is InChI=1S/C11H16N2OS.ClH/c12-5-2-6-13-11(14)10-7-8-3-1-4-9(8)15-10;/h7H,1-6,12H2,(H,13,14);1H. The zero-order valence-corrected chi connectivity index (χ0v) is 10.8. The molecule has 0 aliphatic heterocycles. The van der Waals surface area contributed by atoms with Crippen LogP contribution in [-0.2, 0) is 12.8 Å². The van der Waals surface area contributed by atoms with E-state index in [0.717, 1.165) is 24.1 Å². The first kappa shape index (κ1) is 13.5. The zero-order valence-electron chi connectivity index (χ0n) is 9.12. The van der Waals surface area contributed by atoms with Gasteiger partial charge in [-0.2, -0.15) is 0 Å². The molecule has 0 saturated carbocycles. The van der Waals surface area contributed by atoms with Gasteiger partial charge < -0.3 is 11.1 Å². The van der Waals surface area contributed by atoms with Gasteiger partial charge in [-0.15, -0.1) is 23.7 Å². The molecule has 0 fully saturated rings. The van der Waals surface area contributed by atoms with Crippen molar-refractivity contribution < 1.29 is 4.79 Å². The molecule has 1 heterocycles.